The molecule has 0 aromatic heterocycles. The van der Waals surface area contributed by atoms with Gasteiger partial charge in [-0.3, -0.25) is 13.9 Å². The Labute approximate surface area is 203 Å². The molecule has 1 N–H and O–H groups in total. The Hall–Kier alpha value is -2.36. The summed E-state index contributed by atoms with van der Waals surface area (Å²) < 4.78 is 40.0. The Bertz CT molecular complexity index is 1110. The molecule has 2 aromatic carbocycles. The van der Waals surface area contributed by atoms with Gasteiger partial charge in [-0.05, 0) is 43.2 Å². The molecule has 0 saturated heterocycles. The first-order chi connectivity index (χ1) is 15.5. The molecule has 0 aliphatic carbocycles. The number of amides is 2. The van der Waals surface area contributed by atoms with Crippen molar-refractivity contribution in [3.63, 3.8) is 0 Å². The number of sulfonamides is 1. The Morgan fingerprint density at radius 3 is 2.33 bits per heavy atom. The molecule has 0 heterocycles. The fourth-order valence-corrected chi connectivity index (χ4v) is 4.61. The minimum absolute atomic E-state index is 0.0701. The number of carbonyl (C=O) groups excluding carboxylic acids is 2. The van der Waals surface area contributed by atoms with Crippen LogP contribution in [0.4, 0.5) is 10.1 Å². The second-order valence-electron chi connectivity index (χ2n) is 7.30. The number of likely N-dealkylation sites (N-methyl/N-ethyl adjacent to an activating group) is 1. The number of halogens is 3. The number of benzene rings is 2. The zero-order valence-corrected chi connectivity index (χ0v) is 20.8. The normalized spacial score (nSPS) is 12.2. The third kappa shape index (κ3) is 7.06. The molecule has 0 spiro atoms. The number of para-hydroxylation sites is 1. The number of rotatable bonds is 10. The second kappa shape index (κ2) is 11.7. The van der Waals surface area contributed by atoms with E-state index in [0.717, 1.165) is 12.3 Å². The lowest BCUT2D eigenvalue weighted by Crippen LogP contribution is -2.52. The highest BCUT2D eigenvalue weighted by molar-refractivity contribution is 7.92. The van der Waals surface area contributed by atoms with Crippen molar-refractivity contribution in [1.82, 2.24) is 10.2 Å². The van der Waals surface area contributed by atoms with Crippen LogP contribution >= 0.6 is 23.2 Å². The third-order valence-electron chi connectivity index (χ3n) is 4.89. The number of anilines is 1. The van der Waals surface area contributed by atoms with E-state index in [4.69, 9.17) is 23.2 Å². The van der Waals surface area contributed by atoms with Crippen molar-refractivity contribution in [3.05, 3.63) is 63.9 Å². The van der Waals surface area contributed by atoms with Gasteiger partial charge in [0, 0.05) is 23.1 Å². The highest BCUT2D eigenvalue weighted by Gasteiger charge is 2.32. The van der Waals surface area contributed by atoms with Crippen LogP contribution in [0.3, 0.4) is 0 Å². The molecule has 2 aromatic rings. The van der Waals surface area contributed by atoms with Crippen LogP contribution in [0.5, 0.6) is 0 Å². The zero-order chi connectivity index (χ0) is 24.8. The maximum Gasteiger partial charge on any atom is 0.244 e. The first-order valence-corrected chi connectivity index (χ1v) is 12.8. The Morgan fingerprint density at radius 1 is 1.12 bits per heavy atom. The minimum Gasteiger partial charge on any atom is -0.355 e. The highest BCUT2D eigenvalue weighted by atomic mass is 35.5. The smallest absolute Gasteiger partial charge is 0.244 e. The predicted molar refractivity (Wildman–Crippen MR) is 128 cm³/mol. The molecule has 1 atom stereocenters. The molecule has 11 heteroatoms. The first-order valence-electron chi connectivity index (χ1n) is 10.2. The number of hydrogen-bond donors (Lipinski definition) is 1. The molecular weight excluding hydrogens is 492 g/mol. The first kappa shape index (κ1) is 26.9. The molecule has 0 saturated carbocycles. The van der Waals surface area contributed by atoms with Gasteiger partial charge in [-0.1, -0.05) is 48.3 Å². The van der Waals surface area contributed by atoms with Gasteiger partial charge in [0.2, 0.25) is 21.8 Å². The van der Waals surface area contributed by atoms with E-state index in [1.165, 1.54) is 29.2 Å². The standard InChI is InChI=1S/C22H26Cl2FN3O4S/c1-4-19(22(30)26-5-2)27(13-15-10-11-16(23)12-17(15)24)21(29)14-28(33(3,31)32)20-9-7-6-8-18(20)25/h6-12,19H,4-5,13-14H2,1-3H3,(H,26,30)/t19-/m0/s1. The average Bonchev–Trinajstić information content (AvgIpc) is 2.73. The molecule has 0 fully saturated rings. The van der Waals surface area contributed by atoms with Gasteiger partial charge in [-0.2, -0.15) is 0 Å². The van der Waals surface area contributed by atoms with Gasteiger partial charge < -0.3 is 10.2 Å². The van der Waals surface area contributed by atoms with Gasteiger partial charge in [0.05, 0.1) is 11.9 Å². The summed E-state index contributed by atoms with van der Waals surface area (Å²) in [6.45, 7) is 3.06. The van der Waals surface area contributed by atoms with Crippen molar-refractivity contribution in [2.45, 2.75) is 32.9 Å². The van der Waals surface area contributed by atoms with Gasteiger partial charge in [-0.25, -0.2) is 12.8 Å². The molecule has 0 bridgehead atoms. The van der Waals surface area contributed by atoms with E-state index in [1.807, 2.05) is 0 Å². The Morgan fingerprint density at radius 2 is 1.79 bits per heavy atom. The molecule has 2 amide bonds. The third-order valence-corrected chi connectivity index (χ3v) is 6.61. The number of nitrogens with zero attached hydrogens (tertiary/aromatic N) is 2. The summed E-state index contributed by atoms with van der Waals surface area (Å²) in [5, 5.41) is 3.38. The summed E-state index contributed by atoms with van der Waals surface area (Å²) >= 11 is 12.2. The van der Waals surface area contributed by atoms with Crippen molar-refractivity contribution in [3.8, 4) is 0 Å². The van der Waals surface area contributed by atoms with Crippen LogP contribution in [0.15, 0.2) is 42.5 Å². The van der Waals surface area contributed by atoms with Crippen LogP contribution in [0, 0.1) is 5.82 Å². The van der Waals surface area contributed by atoms with Crippen LogP contribution in [0.1, 0.15) is 25.8 Å². The molecule has 0 aliphatic heterocycles. The topological polar surface area (TPSA) is 86.8 Å². The molecular formula is C22H26Cl2FN3O4S. The lowest BCUT2D eigenvalue weighted by Gasteiger charge is -2.33. The fourth-order valence-electron chi connectivity index (χ4n) is 3.29. The fraction of sp³-hybridized carbons (Fsp3) is 0.364. The van der Waals surface area contributed by atoms with Gasteiger partial charge in [0.1, 0.15) is 18.4 Å². The van der Waals surface area contributed by atoms with Crippen LogP contribution < -0.4 is 9.62 Å². The molecule has 0 aliphatic rings. The SMILES string of the molecule is CCNC(=O)[C@H](CC)N(Cc1ccc(Cl)cc1Cl)C(=O)CN(c1ccccc1F)S(C)(=O)=O. The van der Waals surface area contributed by atoms with Gasteiger partial charge in [0.15, 0.2) is 0 Å². The predicted octanol–water partition coefficient (Wildman–Crippen LogP) is 3.84. The maximum atomic E-state index is 14.4. The Balaban J connectivity index is 2.48. The van der Waals surface area contributed by atoms with E-state index in [-0.39, 0.29) is 18.7 Å². The van der Waals surface area contributed by atoms with Crippen molar-refractivity contribution in [2.24, 2.45) is 0 Å². The molecule has 7 nitrogen and oxygen atoms in total. The van der Waals surface area contributed by atoms with Crippen molar-refractivity contribution >= 4 is 50.7 Å². The van der Waals surface area contributed by atoms with E-state index >= 15 is 0 Å². The maximum absolute atomic E-state index is 14.4. The lowest BCUT2D eigenvalue weighted by molar-refractivity contribution is -0.140. The number of carbonyl (C=O) groups is 2. The van der Waals surface area contributed by atoms with E-state index in [1.54, 1.807) is 26.0 Å². The summed E-state index contributed by atoms with van der Waals surface area (Å²) in [5.41, 5.74) is 0.262. The summed E-state index contributed by atoms with van der Waals surface area (Å²) in [5.74, 6) is -1.87. The molecule has 0 unspecified atom stereocenters. The quantitative estimate of drug-likeness (QED) is 0.518. The molecule has 2 rings (SSSR count). The van der Waals surface area contributed by atoms with Crippen molar-refractivity contribution in [2.75, 3.05) is 23.7 Å². The molecule has 33 heavy (non-hydrogen) atoms. The minimum atomic E-state index is -4.02. The average molecular weight is 518 g/mol. The van der Waals surface area contributed by atoms with Crippen LogP contribution in [0.2, 0.25) is 10.0 Å². The molecule has 0 radical (unpaired) electrons. The van der Waals surface area contributed by atoms with Crippen LogP contribution in [-0.4, -0.2) is 50.5 Å². The van der Waals surface area contributed by atoms with Crippen LogP contribution in [0.25, 0.3) is 0 Å². The van der Waals surface area contributed by atoms with Crippen molar-refractivity contribution in [1.29, 1.82) is 0 Å². The number of hydrogen-bond acceptors (Lipinski definition) is 4. The summed E-state index contributed by atoms with van der Waals surface area (Å²) in [7, 11) is -4.02. The second-order valence-corrected chi connectivity index (χ2v) is 10.0. The summed E-state index contributed by atoms with van der Waals surface area (Å²) in [6, 6.07) is 9.09. The van der Waals surface area contributed by atoms with E-state index in [2.05, 4.69) is 5.32 Å². The lowest BCUT2D eigenvalue weighted by atomic mass is 10.1. The summed E-state index contributed by atoms with van der Waals surface area (Å²) in [4.78, 5) is 27.4. The highest BCUT2D eigenvalue weighted by Crippen LogP contribution is 2.25. The van der Waals surface area contributed by atoms with Gasteiger partial charge in [-0.15, -0.1) is 0 Å². The summed E-state index contributed by atoms with van der Waals surface area (Å²) in [6.07, 6.45) is 1.15. The largest absolute Gasteiger partial charge is 0.355 e. The van der Waals surface area contributed by atoms with E-state index in [0.29, 0.717) is 26.5 Å². The van der Waals surface area contributed by atoms with E-state index < -0.39 is 40.2 Å². The van der Waals surface area contributed by atoms with Gasteiger partial charge in [0.25, 0.3) is 0 Å². The monoisotopic (exact) mass is 517 g/mol. The molecule has 180 valence electrons. The van der Waals surface area contributed by atoms with Gasteiger partial charge >= 0.3 is 0 Å². The van der Waals surface area contributed by atoms with E-state index in [9.17, 15) is 22.4 Å². The van der Waals surface area contributed by atoms with Crippen molar-refractivity contribution < 1.29 is 22.4 Å². The number of nitrogens with one attached hydrogen (secondary N) is 1. The zero-order valence-electron chi connectivity index (χ0n) is 18.5. The Kier molecular flexibility index (Phi) is 9.51. The van der Waals surface area contributed by atoms with Crippen LogP contribution in [-0.2, 0) is 26.2 Å².